The number of esters is 1. The number of pyridine rings is 1. The van der Waals surface area contributed by atoms with E-state index in [0.717, 1.165) is 50.2 Å². The molecule has 1 aromatic carbocycles. The van der Waals surface area contributed by atoms with Crippen LogP contribution < -0.4 is 0 Å². The van der Waals surface area contributed by atoms with Crippen molar-refractivity contribution < 1.29 is 14.3 Å². The molecular weight excluding hydrogens is 352 g/mol. The van der Waals surface area contributed by atoms with Crippen LogP contribution in [-0.2, 0) is 14.3 Å². The van der Waals surface area contributed by atoms with E-state index in [4.69, 9.17) is 9.47 Å². The molecule has 5 heteroatoms. The number of hydrogen-bond acceptors (Lipinski definition) is 5. The summed E-state index contributed by atoms with van der Waals surface area (Å²) in [4.78, 5) is 18.4. The highest BCUT2D eigenvalue weighted by Crippen LogP contribution is 2.28. The summed E-state index contributed by atoms with van der Waals surface area (Å²) < 4.78 is 11.5. The molecule has 1 atom stereocenters. The lowest BCUT2D eigenvalue weighted by Crippen LogP contribution is -2.38. The maximum atomic E-state index is 11.5. The largest absolute Gasteiger partial charge is 0.466 e. The summed E-state index contributed by atoms with van der Waals surface area (Å²) in [5.41, 5.74) is 2.09. The first kappa shape index (κ1) is 20.5. The summed E-state index contributed by atoms with van der Waals surface area (Å²) in [7, 11) is 0. The molecular formula is C23H30N2O3. The number of benzene rings is 1. The number of aromatic nitrogens is 1. The van der Waals surface area contributed by atoms with E-state index in [1.54, 1.807) is 0 Å². The molecule has 0 radical (unpaired) electrons. The van der Waals surface area contributed by atoms with Crippen molar-refractivity contribution >= 4 is 5.97 Å². The fourth-order valence-electron chi connectivity index (χ4n) is 3.62. The van der Waals surface area contributed by atoms with Gasteiger partial charge in [-0.3, -0.25) is 9.78 Å². The van der Waals surface area contributed by atoms with Crippen molar-refractivity contribution in [2.75, 3.05) is 26.2 Å². The molecule has 28 heavy (non-hydrogen) atoms. The molecule has 1 aromatic heterocycles. The topological polar surface area (TPSA) is 51.7 Å². The van der Waals surface area contributed by atoms with E-state index in [2.05, 4.69) is 22.0 Å². The van der Waals surface area contributed by atoms with E-state index >= 15 is 0 Å². The zero-order valence-electron chi connectivity index (χ0n) is 16.6. The smallest absolute Gasteiger partial charge is 0.305 e. The molecule has 0 saturated carbocycles. The van der Waals surface area contributed by atoms with E-state index in [1.165, 1.54) is 0 Å². The molecule has 1 unspecified atom stereocenters. The Morgan fingerprint density at radius 3 is 2.57 bits per heavy atom. The van der Waals surface area contributed by atoms with Gasteiger partial charge in [0.1, 0.15) is 6.10 Å². The standard InChI is InChI=1S/C23H30N2O3/c1-2-27-22(26)12-8-16-25-17-13-20(14-18-25)28-23(19-9-4-3-5-10-19)21-11-6-7-15-24-21/h3-7,9-11,15,20,23H,2,8,12-14,16-18H2,1H3. The fourth-order valence-corrected chi connectivity index (χ4v) is 3.62. The molecule has 1 saturated heterocycles. The summed E-state index contributed by atoms with van der Waals surface area (Å²) in [5.74, 6) is -0.0956. The number of carbonyl (C=O) groups is 1. The predicted octanol–water partition coefficient (Wildman–Crippen LogP) is 4.00. The summed E-state index contributed by atoms with van der Waals surface area (Å²) in [5, 5.41) is 0. The summed E-state index contributed by atoms with van der Waals surface area (Å²) >= 11 is 0. The second-order valence-electron chi connectivity index (χ2n) is 7.13. The van der Waals surface area contributed by atoms with E-state index < -0.39 is 0 Å². The molecule has 0 amide bonds. The molecule has 2 heterocycles. The van der Waals surface area contributed by atoms with Crippen LogP contribution in [0.3, 0.4) is 0 Å². The molecule has 1 aliphatic heterocycles. The number of likely N-dealkylation sites (tertiary alicyclic amines) is 1. The van der Waals surface area contributed by atoms with Gasteiger partial charge in [0.25, 0.3) is 0 Å². The molecule has 0 spiro atoms. The van der Waals surface area contributed by atoms with Crippen molar-refractivity contribution in [3.63, 3.8) is 0 Å². The fraction of sp³-hybridized carbons (Fsp3) is 0.478. The molecule has 0 bridgehead atoms. The third-order valence-electron chi connectivity index (χ3n) is 5.08. The van der Waals surface area contributed by atoms with E-state index in [9.17, 15) is 4.79 Å². The van der Waals surface area contributed by atoms with Gasteiger partial charge in [-0.2, -0.15) is 0 Å². The van der Waals surface area contributed by atoms with Crippen LogP contribution in [0.15, 0.2) is 54.7 Å². The molecule has 0 N–H and O–H groups in total. The first-order valence-electron chi connectivity index (χ1n) is 10.3. The van der Waals surface area contributed by atoms with Gasteiger partial charge in [0.05, 0.1) is 18.4 Å². The van der Waals surface area contributed by atoms with Crippen molar-refractivity contribution in [2.45, 2.75) is 44.8 Å². The Bertz CT molecular complexity index is 661. The molecule has 150 valence electrons. The number of ether oxygens (including phenoxy) is 2. The molecule has 3 rings (SSSR count). The quantitative estimate of drug-likeness (QED) is 0.614. The van der Waals surface area contributed by atoms with Gasteiger partial charge in [-0.25, -0.2) is 0 Å². The van der Waals surface area contributed by atoms with Gasteiger partial charge in [0.2, 0.25) is 0 Å². The van der Waals surface area contributed by atoms with Gasteiger partial charge < -0.3 is 14.4 Å². The normalized spacial score (nSPS) is 16.6. The van der Waals surface area contributed by atoms with Crippen molar-refractivity contribution in [1.29, 1.82) is 0 Å². The summed E-state index contributed by atoms with van der Waals surface area (Å²) in [6.07, 6.45) is 5.24. The van der Waals surface area contributed by atoms with E-state index in [-0.39, 0.29) is 18.2 Å². The van der Waals surface area contributed by atoms with Crippen LogP contribution in [0.2, 0.25) is 0 Å². The van der Waals surface area contributed by atoms with Crippen molar-refractivity contribution in [2.24, 2.45) is 0 Å². The van der Waals surface area contributed by atoms with Gasteiger partial charge in [-0.1, -0.05) is 36.4 Å². The average Bonchev–Trinajstić information content (AvgIpc) is 2.74. The van der Waals surface area contributed by atoms with Crippen LogP contribution in [-0.4, -0.2) is 48.2 Å². The lowest BCUT2D eigenvalue weighted by atomic mass is 10.0. The number of piperidine rings is 1. The molecule has 1 aliphatic rings. The molecule has 1 fully saturated rings. The Hall–Kier alpha value is -2.24. The van der Waals surface area contributed by atoms with Crippen LogP contribution in [0, 0.1) is 0 Å². The van der Waals surface area contributed by atoms with Crippen LogP contribution >= 0.6 is 0 Å². The Kier molecular flexibility index (Phi) is 8.00. The van der Waals surface area contributed by atoms with Crippen molar-refractivity contribution in [3.05, 3.63) is 66.0 Å². The van der Waals surface area contributed by atoms with E-state index in [1.807, 2.05) is 49.5 Å². The molecule has 2 aromatic rings. The SMILES string of the molecule is CCOC(=O)CCCN1CCC(OC(c2ccccc2)c2ccccn2)CC1. The first-order valence-corrected chi connectivity index (χ1v) is 10.3. The van der Waals surface area contributed by atoms with Crippen LogP contribution in [0.1, 0.15) is 50.0 Å². The highest BCUT2D eigenvalue weighted by atomic mass is 16.5. The van der Waals surface area contributed by atoms with Gasteiger partial charge in [0.15, 0.2) is 0 Å². The minimum Gasteiger partial charge on any atom is -0.466 e. The number of nitrogens with zero attached hydrogens (tertiary/aromatic N) is 2. The lowest BCUT2D eigenvalue weighted by Gasteiger charge is -2.34. The van der Waals surface area contributed by atoms with Crippen molar-refractivity contribution in [1.82, 2.24) is 9.88 Å². The number of rotatable bonds is 9. The predicted molar refractivity (Wildman–Crippen MR) is 109 cm³/mol. The highest BCUT2D eigenvalue weighted by Gasteiger charge is 2.25. The summed E-state index contributed by atoms with van der Waals surface area (Å²) in [6, 6.07) is 16.3. The van der Waals surface area contributed by atoms with Crippen LogP contribution in [0.4, 0.5) is 0 Å². The van der Waals surface area contributed by atoms with Gasteiger partial charge in [-0.05, 0) is 50.4 Å². The average molecular weight is 383 g/mol. The third-order valence-corrected chi connectivity index (χ3v) is 5.08. The van der Waals surface area contributed by atoms with Gasteiger partial charge >= 0.3 is 5.97 Å². The lowest BCUT2D eigenvalue weighted by molar-refractivity contribution is -0.143. The van der Waals surface area contributed by atoms with Crippen LogP contribution in [0.5, 0.6) is 0 Å². The Labute approximate surface area is 167 Å². The first-order chi connectivity index (χ1) is 13.8. The maximum Gasteiger partial charge on any atom is 0.305 e. The third kappa shape index (κ3) is 6.14. The number of carbonyl (C=O) groups excluding carboxylic acids is 1. The second-order valence-corrected chi connectivity index (χ2v) is 7.13. The Morgan fingerprint density at radius 2 is 1.89 bits per heavy atom. The Balaban J connectivity index is 1.51. The zero-order valence-corrected chi connectivity index (χ0v) is 16.6. The Morgan fingerprint density at radius 1 is 1.14 bits per heavy atom. The zero-order chi connectivity index (χ0) is 19.6. The molecule has 5 nitrogen and oxygen atoms in total. The van der Waals surface area contributed by atoms with E-state index in [0.29, 0.717) is 13.0 Å². The van der Waals surface area contributed by atoms with Gasteiger partial charge in [-0.15, -0.1) is 0 Å². The number of hydrogen-bond donors (Lipinski definition) is 0. The van der Waals surface area contributed by atoms with Crippen molar-refractivity contribution in [3.8, 4) is 0 Å². The molecule has 0 aliphatic carbocycles. The minimum atomic E-state index is -0.136. The van der Waals surface area contributed by atoms with Crippen LogP contribution in [0.25, 0.3) is 0 Å². The van der Waals surface area contributed by atoms with Gasteiger partial charge in [0, 0.05) is 25.7 Å². The minimum absolute atomic E-state index is 0.0956. The summed E-state index contributed by atoms with van der Waals surface area (Å²) in [6.45, 7) is 5.24. The highest BCUT2D eigenvalue weighted by molar-refractivity contribution is 5.69. The monoisotopic (exact) mass is 382 g/mol. The second kappa shape index (κ2) is 10.9. The maximum absolute atomic E-state index is 11.5.